The molecule has 0 radical (unpaired) electrons. The highest BCUT2D eigenvalue weighted by molar-refractivity contribution is 5.81. The SMILES string of the molecule is CN(C(=O)OC(C)(C)C)[C@@H]1[C@@H](O)[C@@H](O[C@H]2[C@H](NC(=O)[C@@H](O)CNC(=O)OC(C)(C)C)C[C@H](N)C([C@H]3OC(CNCCO)=CC[C@H]3N)[C@@H]2O)OC[C@]1(C)O. The fourth-order valence-corrected chi connectivity index (χ4v) is 6.72. The zero-order valence-corrected chi connectivity index (χ0v) is 32.0. The topological polar surface area (TPSA) is 290 Å². The number of hydrogen-bond donors (Lipinski definition) is 10. The van der Waals surface area contributed by atoms with E-state index in [1.165, 1.54) is 14.0 Å². The molecule has 12 atom stereocenters. The largest absolute Gasteiger partial charge is 0.492 e. The molecule has 2 fully saturated rings. The molecule has 2 heterocycles. The van der Waals surface area contributed by atoms with Gasteiger partial charge in [-0.2, -0.15) is 0 Å². The van der Waals surface area contributed by atoms with Gasteiger partial charge in [-0.3, -0.25) is 4.79 Å². The third-order valence-electron chi connectivity index (χ3n) is 9.08. The van der Waals surface area contributed by atoms with Crippen molar-refractivity contribution in [3.05, 3.63) is 11.8 Å². The zero-order valence-electron chi connectivity index (χ0n) is 32.0. The van der Waals surface area contributed by atoms with Gasteiger partial charge in [-0.25, -0.2) is 9.59 Å². The first-order valence-electron chi connectivity index (χ1n) is 17.9. The summed E-state index contributed by atoms with van der Waals surface area (Å²) in [6.07, 6.45) is -8.23. The van der Waals surface area contributed by atoms with Crippen molar-refractivity contribution in [2.24, 2.45) is 17.4 Å². The van der Waals surface area contributed by atoms with E-state index in [1.807, 2.05) is 0 Å². The average Bonchev–Trinajstić information content (AvgIpc) is 3.02. The van der Waals surface area contributed by atoms with Crippen molar-refractivity contribution in [3.63, 3.8) is 0 Å². The molecule has 1 unspecified atom stereocenters. The number of hydrogen-bond acceptors (Lipinski definition) is 16. The van der Waals surface area contributed by atoms with Crippen LogP contribution in [0.5, 0.6) is 0 Å². The lowest BCUT2D eigenvalue weighted by atomic mass is 9.72. The summed E-state index contributed by atoms with van der Waals surface area (Å²) in [5.74, 6) is -1.29. The van der Waals surface area contributed by atoms with Gasteiger partial charge in [-0.1, -0.05) is 0 Å². The van der Waals surface area contributed by atoms with Crippen LogP contribution in [0.4, 0.5) is 9.59 Å². The highest BCUT2D eigenvalue weighted by atomic mass is 16.7. The maximum atomic E-state index is 13.3. The van der Waals surface area contributed by atoms with Crippen molar-refractivity contribution in [3.8, 4) is 0 Å². The fourth-order valence-electron chi connectivity index (χ4n) is 6.72. The van der Waals surface area contributed by atoms with Gasteiger partial charge in [0.25, 0.3) is 5.91 Å². The number of nitrogens with two attached hydrogens (primary N) is 2. The van der Waals surface area contributed by atoms with Crippen LogP contribution in [0.15, 0.2) is 11.8 Å². The first kappa shape index (κ1) is 44.5. The number of carbonyl (C=O) groups excluding carboxylic acids is 3. The Labute approximate surface area is 310 Å². The molecule has 0 bridgehead atoms. The van der Waals surface area contributed by atoms with Crippen molar-refractivity contribution >= 4 is 18.1 Å². The van der Waals surface area contributed by atoms with Crippen molar-refractivity contribution in [2.75, 3.05) is 39.9 Å². The van der Waals surface area contributed by atoms with E-state index < -0.39 is 115 Å². The summed E-state index contributed by atoms with van der Waals surface area (Å²) in [6, 6.07) is -3.84. The van der Waals surface area contributed by atoms with Crippen LogP contribution in [0, 0.1) is 5.92 Å². The Kier molecular flexibility index (Phi) is 15.3. The van der Waals surface area contributed by atoms with E-state index in [0.29, 0.717) is 18.7 Å². The zero-order chi connectivity index (χ0) is 40.1. The molecule has 306 valence electrons. The first-order chi connectivity index (χ1) is 24.5. The first-order valence-corrected chi connectivity index (χ1v) is 17.9. The molecular weight excluding hydrogens is 700 g/mol. The molecule has 1 saturated heterocycles. The number of carbonyl (C=O) groups is 3. The van der Waals surface area contributed by atoms with Crippen LogP contribution in [-0.2, 0) is 28.5 Å². The van der Waals surface area contributed by atoms with E-state index in [9.17, 15) is 34.8 Å². The van der Waals surface area contributed by atoms with Gasteiger partial charge in [0.1, 0.15) is 47.0 Å². The fraction of sp³-hybridized carbons (Fsp3) is 0.853. The van der Waals surface area contributed by atoms with Crippen molar-refractivity contribution < 1.29 is 63.6 Å². The standard InChI is InChI=1S/C34H62N6O13/c1-32(2,3)52-30(46)38-15-21(42)28(45)39-20-13-19(36)22(25-18(35)10-9-17(50-25)14-37-11-12-41)23(43)26(20)51-29-24(44)27(34(7,48)16-49-29)40(8)31(47)53-33(4,5)6/h9,18-27,29,37,41-44,48H,10-16,35-36H2,1-8H3,(H,38,46)(H,39,45)/t18-,19+,20-,21+,22?,23+,24-,25+,26+,27-,29-,34+/m1/s1. The lowest BCUT2D eigenvalue weighted by molar-refractivity contribution is -0.305. The molecule has 0 aromatic carbocycles. The molecule has 53 heavy (non-hydrogen) atoms. The van der Waals surface area contributed by atoms with E-state index in [-0.39, 0.29) is 19.6 Å². The van der Waals surface area contributed by atoms with Crippen LogP contribution in [-0.4, -0.2) is 166 Å². The third-order valence-corrected chi connectivity index (χ3v) is 9.08. The van der Waals surface area contributed by atoms with Crippen LogP contribution in [0.3, 0.4) is 0 Å². The second-order valence-electron chi connectivity index (χ2n) is 16.2. The van der Waals surface area contributed by atoms with E-state index in [0.717, 1.165) is 4.90 Å². The van der Waals surface area contributed by atoms with Crippen molar-refractivity contribution in [1.82, 2.24) is 20.9 Å². The molecule has 1 aliphatic carbocycles. The summed E-state index contributed by atoms with van der Waals surface area (Å²) >= 11 is 0. The smallest absolute Gasteiger partial charge is 0.410 e. The average molecular weight is 763 g/mol. The number of rotatable bonds is 12. The Balaban J connectivity index is 1.89. The van der Waals surface area contributed by atoms with Gasteiger partial charge in [0.15, 0.2) is 6.29 Å². The number of amides is 3. The third kappa shape index (κ3) is 12.3. The monoisotopic (exact) mass is 762 g/mol. The van der Waals surface area contributed by atoms with Crippen LogP contribution in [0.1, 0.15) is 61.3 Å². The van der Waals surface area contributed by atoms with Crippen molar-refractivity contribution in [2.45, 2.75) is 139 Å². The maximum absolute atomic E-state index is 13.3. The lowest BCUT2D eigenvalue weighted by Crippen LogP contribution is -2.70. The van der Waals surface area contributed by atoms with Gasteiger partial charge in [0.05, 0.1) is 44.5 Å². The second kappa shape index (κ2) is 18.2. The predicted octanol–water partition coefficient (Wildman–Crippen LogP) is -2.26. The minimum absolute atomic E-state index is 0.0273. The number of nitrogens with zero attached hydrogens (tertiary/aromatic N) is 1. The minimum Gasteiger partial charge on any atom is -0.492 e. The molecule has 1 saturated carbocycles. The molecule has 19 nitrogen and oxygen atoms in total. The summed E-state index contributed by atoms with van der Waals surface area (Å²) < 4.78 is 28.9. The Morgan fingerprint density at radius 2 is 1.72 bits per heavy atom. The van der Waals surface area contributed by atoms with Crippen molar-refractivity contribution in [1.29, 1.82) is 0 Å². The summed E-state index contributed by atoms with van der Waals surface area (Å²) in [5.41, 5.74) is 9.67. The second-order valence-corrected chi connectivity index (χ2v) is 16.2. The highest BCUT2D eigenvalue weighted by Gasteiger charge is 2.55. The van der Waals surface area contributed by atoms with Gasteiger partial charge in [0, 0.05) is 31.6 Å². The Morgan fingerprint density at radius 1 is 1.08 bits per heavy atom. The predicted molar refractivity (Wildman–Crippen MR) is 189 cm³/mol. The normalized spacial score (nSPS) is 34.2. The highest BCUT2D eigenvalue weighted by Crippen LogP contribution is 2.37. The lowest BCUT2D eigenvalue weighted by Gasteiger charge is -2.51. The Bertz CT molecular complexity index is 1270. The molecule has 12 N–H and O–H groups in total. The van der Waals surface area contributed by atoms with Gasteiger partial charge in [-0.05, 0) is 67.4 Å². The Hall–Kier alpha value is -2.85. The van der Waals surface area contributed by atoms with Gasteiger partial charge in [0.2, 0.25) is 0 Å². The maximum Gasteiger partial charge on any atom is 0.410 e. The number of ether oxygens (including phenoxy) is 5. The molecule has 19 heteroatoms. The summed E-state index contributed by atoms with van der Waals surface area (Å²) in [6.45, 7) is 11.0. The van der Waals surface area contributed by atoms with Crippen LogP contribution >= 0.6 is 0 Å². The number of alkyl carbamates (subject to hydrolysis) is 1. The van der Waals surface area contributed by atoms with E-state index in [2.05, 4.69) is 16.0 Å². The van der Waals surface area contributed by atoms with E-state index >= 15 is 0 Å². The van der Waals surface area contributed by atoms with Gasteiger partial charge in [-0.15, -0.1) is 0 Å². The van der Waals surface area contributed by atoms with Crippen LogP contribution < -0.4 is 27.4 Å². The number of likely N-dealkylation sites (N-methyl/N-ethyl adjacent to an activating group) is 1. The number of nitrogens with one attached hydrogen (secondary N) is 3. The molecule has 3 amide bonds. The molecular formula is C34H62N6O13. The van der Waals surface area contributed by atoms with Crippen LogP contribution in [0.2, 0.25) is 0 Å². The molecule has 0 aromatic rings. The van der Waals surface area contributed by atoms with E-state index in [4.69, 9.17) is 40.3 Å². The van der Waals surface area contributed by atoms with Gasteiger partial charge < -0.3 is 81.5 Å². The quantitative estimate of drug-likeness (QED) is 0.0939. The minimum atomic E-state index is -1.77. The van der Waals surface area contributed by atoms with Gasteiger partial charge >= 0.3 is 12.2 Å². The number of aliphatic hydroxyl groups is 5. The molecule has 0 spiro atoms. The summed E-state index contributed by atoms with van der Waals surface area (Å²) in [4.78, 5) is 39.5. The molecule has 3 aliphatic rings. The summed E-state index contributed by atoms with van der Waals surface area (Å²) in [7, 11) is 1.35. The Morgan fingerprint density at radius 3 is 2.32 bits per heavy atom. The van der Waals surface area contributed by atoms with Crippen LogP contribution in [0.25, 0.3) is 0 Å². The summed E-state index contributed by atoms with van der Waals surface area (Å²) in [5, 5.41) is 62.6. The van der Waals surface area contributed by atoms with E-state index in [1.54, 1.807) is 47.6 Å². The molecule has 3 rings (SSSR count). The molecule has 0 aromatic heterocycles. The number of aliphatic hydroxyl groups excluding tert-OH is 4. The molecule has 2 aliphatic heterocycles.